The minimum Gasteiger partial charge on any atom is -0.436 e. The molecule has 6 heteroatoms. The smallest absolute Gasteiger partial charge is 0.263 e. The summed E-state index contributed by atoms with van der Waals surface area (Å²) in [6.45, 7) is 3.46. The van der Waals surface area contributed by atoms with E-state index in [0.29, 0.717) is 11.8 Å². The fourth-order valence-corrected chi connectivity index (χ4v) is 4.09. The number of likely N-dealkylation sites (tertiary alicyclic amines) is 1. The van der Waals surface area contributed by atoms with Gasteiger partial charge in [-0.05, 0) is 37.8 Å². The van der Waals surface area contributed by atoms with E-state index in [1.165, 1.54) is 12.8 Å². The number of rotatable bonds is 4. The first-order valence-electron chi connectivity index (χ1n) is 10.4. The Morgan fingerprint density at radius 3 is 2.29 bits per heavy atom. The van der Waals surface area contributed by atoms with Crippen molar-refractivity contribution in [1.82, 2.24) is 14.9 Å². The maximum Gasteiger partial charge on any atom is 0.263 e. The largest absolute Gasteiger partial charge is 0.436 e. The lowest BCUT2D eigenvalue weighted by Gasteiger charge is -2.34. The van der Waals surface area contributed by atoms with Crippen LogP contribution in [0.2, 0.25) is 0 Å². The van der Waals surface area contributed by atoms with Crippen molar-refractivity contribution < 1.29 is 9.53 Å². The standard InChI is InChI=1S/C22H28N4O2/c27-22(26-14-6-1-2-7-15-26)18-10-16-25(17-11-18)20-21(24-13-12-23-20)28-19-8-4-3-5-9-19/h3-5,8-9,12-13,18H,1-2,6-7,10-11,14-17H2. The molecule has 0 unspecified atom stereocenters. The summed E-state index contributed by atoms with van der Waals surface area (Å²) in [4.78, 5) is 26.1. The number of aromatic nitrogens is 2. The molecule has 148 valence electrons. The molecule has 0 saturated carbocycles. The number of piperidine rings is 1. The van der Waals surface area contributed by atoms with Gasteiger partial charge in [0.05, 0.1) is 0 Å². The lowest BCUT2D eigenvalue weighted by molar-refractivity contribution is -0.136. The summed E-state index contributed by atoms with van der Waals surface area (Å²) in [5.41, 5.74) is 0. The highest BCUT2D eigenvalue weighted by atomic mass is 16.5. The third-order valence-electron chi connectivity index (χ3n) is 5.67. The van der Waals surface area contributed by atoms with Gasteiger partial charge in [-0.25, -0.2) is 9.97 Å². The molecule has 0 bridgehead atoms. The molecule has 0 atom stereocenters. The summed E-state index contributed by atoms with van der Waals surface area (Å²) in [5.74, 6) is 2.50. The predicted molar refractivity (Wildman–Crippen MR) is 109 cm³/mol. The van der Waals surface area contributed by atoms with Crippen LogP contribution in [0.5, 0.6) is 11.6 Å². The van der Waals surface area contributed by atoms with Crippen LogP contribution in [0.25, 0.3) is 0 Å². The zero-order chi connectivity index (χ0) is 19.2. The van der Waals surface area contributed by atoms with Crippen molar-refractivity contribution in [2.24, 2.45) is 5.92 Å². The first-order valence-corrected chi connectivity index (χ1v) is 10.4. The van der Waals surface area contributed by atoms with Gasteiger partial charge in [0.2, 0.25) is 5.91 Å². The number of hydrogen-bond donors (Lipinski definition) is 0. The zero-order valence-corrected chi connectivity index (χ0v) is 16.3. The molecule has 0 N–H and O–H groups in total. The maximum absolute atomic E-state index is 12.9. The number of nitrogens with zero attached hydrogens (tertiary/aromatic N) is 4. The van der Waals surface area contributed by atoms with E-state index in [9.17, 15) is 4.79 Å². The number of anilines is 1. The molecule has 3 heterocycles. The van der Waals surface area contributed by atoms with Gasteiger partial charge in [-0.15, -0.1) is 0 Å². The minimum absolute atomic E-state index is 0.129. The molecule has 2 aliphatic heterocycles. The van der Waals surface area contributed by atoms with Crippen molar-refractivity contribution in [1.29, 1.82) is 0 Å². The Morgan fingerprint density at radius 2 is 1.57 bits per heavy atom. The van der Waals surface area contributed by atoms with E-state index in [4.69, 9.17) is 4.74 Å². The van der Waals surface area contributed by atoms with Crippen molar-refractivity contribution in [3.8, 4) is 11.6 Å². The first kappa shape index (κ1) is 18.7. The monoisotopic (exact) mass is 380 g/mol. The van der Waals surface area contributed by atoms with Gasteiger partial charge < -0.3 is 14.5 Å². The topological polar surface area (TPSA) is 58.6 Å². The maximum atomic E-state index is 12.9. The second-order valence-electron chi connectivity index (χ2n) is 7.60. The Hall–Kier alpha value is -2.63. The van der Waals surface area contributed by atoms with Gasteiger partial charge in [-0.2, -0.15) is 0 Å². The van der Waals surface area contributed by atoms with Gasteiger partial charge in [0.15, 0.2) is 5.82 Å². The molecule has 2 fully saturated rings. The summed E-state index contributed by atoms with van der Waals surface area (Å²) >= 11 is 0. The molecule has 0 radical (unpaired) electrons. The number of carbonyl (C=O) groups is 1. The van der Waals surface area contributed by atoms with Crippen LogP contribution >= 0.6 is 0 Å². The molecule has 2 saturated heterocycles. The number of benzene rings is 1. The summed E-state index contributed by atoms with van der Waals surface area (Å²) in [7, 11) is 0. The lowest BCUT2D eigenvalue weighted by Crippen LogP contribution is -2.43. The van der Waals surface area contributed by atoms with Crippen LogP contribution in [0.15, 0.2) is 42.7 Å². The first-order chi connectivity index (χ1) is 13.8. The molecule has 6 nitrogen and oxygen atoms in total. The molecular formula is C22H28N4O2. The number of amides is 1. The van der Waals surface area contributed by atoms with Crippen LogP contribution in [-0.4, -0.2) is 47.0 Å². The van der Waals surface area contributed by atoms with Gasteiger partial charge in [-0.1, -0.05) is 31.0 Å². The van der Waals surface area contributed by atoms with Crippen LogP contribution in [0.1, 0.15) is 38.5 Å². The van der Waals surface area contributed by atoms with E-state index in [-0.39, 0.29) is 5.92 Å². The Morgan fingerprint density at radius 1 is 0.893 bits per heavy atom. The molecule has 1 amide bonds. The molecule has 0 spiro atoms. The molecule has 1 aromatic carbocycles. The highest BCUT2D eigenvalue weighted by Gasteiger charge is 2.30. The number of ether oxygens (including phenoxy) is 1. The Kier molecular flexibility index (Phi) is 6.04. The number of para-hydroxylation sites is 1. The molecule has 28 heavy (non-hydrogen) atoms. The predicted octanol–water partition coefficient (Wildman–Crippen LogP) is 3.89. The van der Waals surface area contributed by atoms with E-state index in [0.717, 1.165) is 63.4 Å². The Labute approximate surface area is 166 Å². The second-order valence-corrected chi connectivity index (χ2v) is 7.60. The third-order valence-corrected chi connectivity index (χ3v) is 5.67. The highest BCUT2D eigenvalue weighted by Crippen LogP contribution is 2.31. The van der Waals surface area contributed by atoms with Gasteiger partial charge in [0.1, 0.15) is 5.75 Å². The van der Waals surface area contributed by atoms with Crippen LogP contribution in [0.4, 0.5) is 5.82 Å². The van der Waals surface area contributed by atoms with E-state index >= 15 is 0 Å². The van der Waals surface area contributed by atoms with E-state index in [1.807, 2.05) is 30.3 Å². The fourth-order valence-electron chi connectivity index (χ4n) is 4.09. The summed E-state index contributed by atoms with van der Waals surface area (Å²) in [6.07, 6.45) is 9.85. The van der Waals surface area contributed by atoms with Crippen LogP contribution in [-0.2, 0) is 4.79 Å². The lowest BCUT2D eigenvalue weighted by atomic mass is 9.95. The average molecular weight is 380 g/mol. The van der Waals surface area contributed by atoms with E-state index in [2.05, 4.69) is 19.8 Å². The van der Waals surface area contributed by atoms with Crippen molar-refractivity contribution in [2.45, 2.75) is 38.5 Å². The Bertz CT molecular complexity index is 767. The van der Waals surface area contributed by atoms with Crippen molar-refractivity contribution >= 4 is 11.7 Å². The van der Waals surface area contributed by atoms with Crippen molar-refractivity contribution in [3.05, 3.63) is 42.7 Å². The van der Waals surface area contributed by atoms with Crippen LogP contribution < -0.4 is 9.64 Å². The number of carbonyl (C=O) groups excluding carboxylic acids is 1. The molecule has 4 rings (SSSR count). The quantitative estimate of drug-likeness (QED) is 0.805. The normalized spacial score (nSPS) is 18.6. The SMILES string of the molecule is O=C(C1CCN(c2nccnc2Oc2ccccc2)CC1)N1CCCCCC1. The summed E-state index contributed by atoms with van der Waals surface area (Å²) in [5, 5.41) is 0. The Balaban J connectivity index is 1.39. The number of hydrogen-bond acceptors (Lipinski definition) is 5. The highest BCUT2D eigenvalue weighted by molar-refractivity contribution is 5.79. The molecular weight excluding hydrogens is 352 g/mol. The second kappa shape index (κ2) is 9.04. The molecule has 2 aromatic rings. The van der Waals surface area contributed by atoms with Gasteiger partial charge in [-0.3, -0.25) is 4.79 Å². The molecule has 1 aromatic heterocycles. The summed E-state index contributed by atoms with van der Waals surface area (Å²) < 4.78 is 5.96. The average Bonchev–Trinajstić information content (AvgIpc) is 3.04. The van der Waals surface area contributed by atoms with Crippen molar-refractivity contribution in [2.75, 3.05) is 31.1 Å². The summed E-state index contributed by atoms with van der Waals surface area (Å²) in [6, 6.07) is 9.64. The minimum atomic E-state index is 0.129. The molecule has 2 aliphatic rings. The fraction of sp³-hybridized carbons (Fsp3) is 0.500. The van der Waals surface area contributed by atoms with Crippen LogP contribution in [0, 0.1) is 5.92 Å². The van der Waals surface area contributed by atoms with E-state index < -0.39 is 0 Å². The van der Waals surface area contributed by atoms with Gasteiger partial charge in [0.25, 0.3) is 5.88 Å². The zero-order valence-electron chi connectivity index (χ0n) is 16.3. The van der Waals surface area contributed by atoms with Crippen molar-refractivity contribution in [3.63, 3.8) is 0 Å². The third kappa shape index (κ3) is 4.43. The van der Waals surface area contributed by atoms with E-state index in [1.54, 1.807) is 12.4 Å². The van der Waals surface area contributed by atoms with Gasteiger partial charge >= 0.3 is 0 Å². The molecule has 0 aliphatic carbocycles. The van der Waals surface area contributed by atoms with Gasteiger partial charge in [0, 0.05) is 44.5 Å². The van der Waals surface area contributed by atoms with Crippen LogP contribution in [0.3, 0.4) is 0 Å².